The van der Waals surface area contributed by atoms with E-state index in [1.165, 1.54) is 13.0 Å². The van der Waals surface area contributed by atoms with Crippen molar-refractivity contribution in [2.75, 3.05) is 13.2 Å². The summed E-state index contributed by atoms with van der Waals surface area (Å²) in [6, 6.07) is 2.41. The number of aryl methyl sites for hydroxylation is 1. The Morgan fingerprint density at radius 1 is 1.47 bits per heavy atom. The van der Waals surface area contributed by atoms with Crippen LogP contribution in [-0.2, 0) is 9.53 Å². The van der Waals surface area contributed by atoms with Gasteiger partial charge in [0.15, 0.2) is 0 Å². The second kappa shape index (κ2) is 6.34. The highest BCUT2D eigenvalue weighted by atomic mass is 16.6. The predicted octanol–water partition coefficient (Wildman–Crippen LogP) is 0.554. The van der Waals surface area contributed by atoms with Gasteiger partial charge in [0, 0.05) is 5.56 Å². The lowest BCUT2D eigenvalue weighted by Crippen LogP contribution is -2.15. The van der Waals surface area contributed by atoms with Gasteiger partial charge in [-0.1, -0.05) is 0 Å². The molecular weight excluding hydrogens is 256 g/mol. The van der Waals surface area contributed by atoms with Crippen molar-refractivity contribution in [1.82, 2.24) is 0 Å². The number of hydrogen-bond acceptors (Lipinski definition) is 6. The molecule has 0 heterocycles. The first-order valence-electron chi connectivity index (χ1n) is 5.24. The van der Waals surface area contributed by atoms with E-state index in [2.05, 4.69) is 4.74 Å². The summed E-state index contributed by atoms with van der Waals surface area (Å²) in [5, 5.41) is 10.8. The highest BCUT2D eigenvalue weighted by Gasteiger charge is 2.19. The summed E-state index contributed by atoms with van der Waals surface area (Å²) in [6.07, 6.45) is 0. The molecule has 0 aliphatic rings. The Labute approximate surface area is 108 Å². The van der Waals surface area contributed by atoms with Crippen molar-refractivity contribution < 1.29 is 24.0 Å². The largest absolute Gasteiger partial charge is 0.489 e. The summed E-state index contributed by atoms with van der Waals surface area (Å²) in [5.74, 6) is -0.774. The normalized spacial score (nSPS) is 9.74. The van der Waals surface area contributed by atoms with Crippen LogP contribution in [0.5, 0.6) is 5.75 Å². The molecule has 0 saturated carbocycles. The molecule has 0 spiro atoms. The average Bonchev–Trinajstić information content (AvgIpc) is 2.35. The van der Waals surface area contributed by atoms with E-state index in [1.54, 1.807) is 0 Å². The molecule has 1 rings (SSSR count). The van der Waals surface area contributed by atoms with Crippen LogP contribution in [0.2, 0.25) is 0 Å². The van der Waals surface area contributed by atoms with Crippen molar-refractivity contribution >= 4 is 18.1 Å². The van der Waals surface area contributed by atoms with E-state index in [1.807, 2.05) is 0 Å². The number of rotatable bonds is 7. The predicted molar refractivity (Wildman–Crippen MR) is 63.9 cm³/mol. The SMILES string of the molecule is Cc1cc(C(N)=O)c(OCCOC=O)cc1[N+](=O)[O-]. The number of hydrogen-bond donors (Lipinski definition) is 1. The first-order valence-corrected chi connectivity index (χ1v) is 5.24. The maximum absolute atomic E-state index is 11.2. The number of ether oxygens (including phenoxy) is 2. The number of primary amides is 1. The van der Waals surface area contributed by atoms with Gasteiger partial charge in [-0.2, -0.15) is 0 Å². The molecule has 0 saturated heterocycles. The molecule has 1 amide bonds. The number of nitro benzene ring substituents is 1. The summed E-state index contributed by atoms with van der Waals surface area (Å²) >= 11 is 0. The van der Waals surface area contributed by atoms with Crippen LogP contribution >= 0.6 is 0 Å². The Hall–Kier alpha value is -2.64. The number of amides is 1. The lowest BCUT2D eigenvalue weighted by Gasteiger charge is -2.10. The minimum absolute atomic E-state index is 0.0145. The number of carbonyl (C=O) groups excluding carboxylic acids is 2. The lowest BCUT2D eigenvalue weighted by molar-refractivity contribution is -0.385. The van der Waals surface area contributed by atoms with Crippen LogP contribution in [0.15, 0.2) is 12.1 Å². The van der Waals surface area contributed by atoms with Gasteiger partial charge in [-0.3, -0.25) is 19.7 Å². The molecule has 0 aliphatic carbocycles. The zero-order valence-corrected chi connectivity index (χ0v) is 10.1. The number of nitro groups is 1. The maximum atomic E-state index is 11.2. The molecule has 102 valence electrons. The first-order chi connectivity index (χ1) is 8.97. The molecule has 19 heavy (non-hydrogen) atoms. The Bertz CT molecular complexity index is 514. The molecule has 0 aromatic heterocycles. The fraction of sp³-hybridized carbons (Fsp3) is 0.273. The quantitative estimate of drug-likeness (QED) is 0.333. The van der Waals surface area contributed by atoms with E-state index < -0.39 is 10.8 Å². The Kier molecular flexibility index (Phi) is 4.81. The summed E-state index contributed by atoms with van der Waals surface area (Å²) < 4.78 is 9.56. The van der Waals surface area contributed by atoms with Gasteiger partial charge >= 0.3 is 0 Å². The first kappa shape index (κ1) is 14.4. The van der Waals surface area contributed by atoms with Crippen LogP contribution in [0.4, 0.5) is 5.69 Å². The Morgan fingerprint density at radius 3 is 2.68 bits per heavy atom. The molecule has 0 fully saturated rings. The standard InChI is InChI=1S/C11H12N2O6/c1-7-4-8(11(12)15)10(5-9(7)13(16)17)19-3-2-18-6-14/h4-6H,2-3H2,1H3,(H2,12,15). The fourth-order valence-electron chi connectivity index (χ4n) is 1.43. The molecule has 0 radical (unpaired) electrons. The third kappa shape index (κ3) is 3.66. The molecule has 8 heteroatoms. The van der Waals surface area contributed by atoms with Gasteiger partial charge in [0.2, 0.25) is 0 Å². The van der Waals surface area contributed by atoms with Gasteiger partial charge in [-0.05, 0) is 13.0 Å². The molecule has 0 bridgehead atoms. The van der Waals surface area contributed by atoms with Crippen molar-refractivity contribution in [3.63, 3.8) is 0 Å². The highest BCUT2D eigenvalue weighted by molar-refractivity contribution is 5.96. The van der Waals surface area contributed by atoms with Crippen LogP contribution in [-0.4, -0.2) is 30.5 Å². The third-order valence-electron chi connectivity index (χ3n) is 2.29. The molecule has 0 atom stereocenters. The summed E-state index contributed by atoms with van der Waals surface area (Å²) in [5.41, 5.74) is 5.32. The number of nitrogens with zero attached hydrogens (tertiary/aromatic N) is 1. The number of nitrogens with two attached hydrogens (primary N) is 1. The fourth-order valence-corrected chi connectivity index (χ4v) is 1.43. The zero-order chi connectivity index (χ0) is 14.4. The Balaban J connectivity index is 3.04. The Morgan fingerprint density at radius 2 is 2.16 bits per heavy atom. The van der Waals surface area contributed by atoms with E-state index in [9.17, 15) is 19.7 Å². The summed E-state index contributed by atoms with van der Waals surface area (Å²) in [7, 11) is 0. The van der Waals surface area contributed by atoms with Crippen molar-refractivity contribution in [3.8, 4) is 5.75 Å². The third-order valence-corrected chi connectivity index (χ3v) is 2.29. The van der Waals surface area contributed by atoms with Gasteiger partial charge in [-0.25, -0.2) is 0 Å². The zero-order valence-electron chi connectivity index (χ0n) is 10.1. The molecule has 8 nitrogen and oxygen atoms in total. The molecule has 2 N–H and O–H groups in total. The van der Waals surface area contributed by atoms with Gasteiger partial charge in [-0.15, -0.1) is 0 Å². The molecule has 1 aromatic carbocycles. The van der Waals surface area contributed by atoms with E-state index >= 15 is 0 Å². The number of benzene rings is 1. The lowest BCUT2D eigenvalue weighted by atomic mass is 10.1. The topological polar surface area (TPSA) is 122 Å². The second-order valence-electron chi connectivity index (χ2n) is 3.57. The summed E-state index contributed by atoms with van der Waals surface area (Å²) in [4.78, 5) is 31.4. The van der Waals surface area contributed by atoms with Crippen LogP contribution in [0, 0.1) is 17.0 Å². The molecule has 0 unspecified atom stereocenters. The summed E-state index contributed by atoms with van der Waals surface area (Å²) in [6.45, 7) is 1.66. The molecule has 1 aromatic rings. The smallest absolute Gasteiger partial charge is 0.293 e. The molecule has 0 aliphatic heterocycles. The van der Waals surface area contributed by atoms with Gasteiger partial charge in [0.1, 0.15) is 19.0 Å². The van der Waals surface area contributed by atoms with Crippen molar-refractivity contribution in [2.45, 2.75) is 6.92 Å². The van der Waals surface area contributed by atoms with Crippen LogP contribution in [0.25, 0.3) is 0 Å². The van der Waals surface area contributed by atoms with E-state index in [0.29, 0.717) is 5.56 Å². The van der Waals surface area contributed by atoms with Crippen molar-refractivity contribution in [2.24, 2.45) is 5.73 Å². The van der Waals surface area contributed by atoms with Gasteiger partial charge in [0.25, 0.3) is 18.1 Å². The van der Waals surface area contributed by atoms with Crippen molar-refractivity contribution in [1.29, 1.82) is 0 Å². The van der Waals surface area contributed by atoms with Crippen LogP contribution < -0.4 is 10.5 Å². The maximum Gasteiger partial charge on any atom is 0.293 e. The van der Waals surface area contributed by atoms with Crippen LogP contribution in [0.3, 0.4) is 0 Å². The van der Waals surface area contributed by atoms with E-state index in [0.717, 1.165) is 6.07 Å². The van der Waals surface area contributed by atoms with Gasteiger partial charge in [0.05, 0.1) is 16.6 Å². The van der Waals surface area contributed by atoms with E-state index in [4.69, 9.17) is 10.5 Å². The van der Waals surface area contributed by atoms with Crippen molar-refractivity contribution in [3.05, 3.63) is 33.4 Å². The van der Waals surface area contributed by atoms with Gasteiger partial charge < -0.3 is 15.2 Å². The van der Waals surface area contributed by atoms with Crippen LogP contribution in [0.1, 0.15) is 15.9 Å². The second-order valence-corrected chi connectivity index (χ2v) is 3.57. The highest BCUT2D eigenvalue weighted by Crippen LogP contribution is 2.28. The monoisotopic (exact) mass is 268 g/mol. The minimum atomic E-state index is -0.760. The minimum Gasteiger partial charge on any atom is -0.489 e. The average molecular weight is 268 g/mol. The van der Waals surface area contributed by atoms with E-state index in [-0.39, 0.29) is 36.7 Å². The number of carbonyl (C=O) groups is 2. The molecular formula is C11H12N2O6.